The first-order valence-electron chi connectivity index (χ1n) is 10.5. The Labute approximate surface area is 175 Å². The predicted molar refractivity (Wildman–Crippen MR) is 116 cm³/mol. The number of nitrogens with zero attached hydrogens (tertiary/aromatic N) is 5. The zero-order valence-corrected chi connectivity index (χ0v) is 17.6. The van der Waals surface area contributed by atoms with Gasteiger partial charge in [-0.05, 0) is 45.2 Å². The Bertz CT molecular complexity index is 1160. The molecule has 0 radical (unpaired) electrons. The molecular weight excluding hydrogens is 378 g/mol. The number of aromatic nitrogens is 6. The molecule has 5 rings (SSSR count). The van der Waals surface area contributed by atoms with Crippen molar-refractivity contribution in [1.29, 1.82) is 0 Å². The molecule has 1 fully saturated rings. The standard InChI is InChI=1S/C22H27N7O/c1-22(2,30-3)10-11-29-21-19(23-12-17(27-21)14-8-9-14)20(28-29)24-13-18-25-15-6-4-5-7-16(15)26-18/h4-7,12,14H,8-11,13H2,1-3H3,(H,24,28)(H,25,26). The van der Waals surface area contributed by atoms with Crippen molar-refractivity contribution < 1.29 is 4.74 Å². The van der Waals surface area contributed by atoms with Crippen molar-refractivity contribution in [2.75, 3.05) is 12.4 Å². The van der Waals surface area contributed by atoms with E-state index in [0.29, 0.717) is 19.0 Å². The van der Waals surface area contributed by atoms with Gasteiger partial charge in [-0.2, -0.15) is 5.10 Å². The van der Waals surface area contributed by atoms with Gasteiger partial charge in [-0.1, -0.05) is 12.1 Å². The van der Waals surface area contributed by atoms with Crippen LogP contribution in [-0.2, 0) is 17.8 Å². The molecule has 2 N–H and O–H groups in total. The number of benzene rings is 1. The summed E-state index contributed by atoms with van der Waals surface area (Å²) in [5.41, 5.74) is 4.46. The average Bonchev–Trinajstić information content (AvgIpc) is 3.43. The van der Waals surface area contributed by atoms with E-state index in [1.165, 1.54) is 12.8 Å². The number of hydrogen-bond acceptors (Lipinski definition) is 6. The number of ether oxygens (including phenoxy) is 1. The van der Waals surface area contributed by atoms with E-state index >= 15 is 0 Å². The minimum Gasteiger partial charge on any atom is -0.379 e. The molecule has 156 valence electrons. The lowest BCUT2D eigenvalue weighted by atomic mass is 10.1. The van der Waals surface area contributed by atoms with E-state index in [4.69, 9.17) is 19.8 Å². The van der Waals surface area contributed by atoms with Gasteiger partial charge in [0, 0.05) is 25.8 Å². The van der Waals surface area contributed by atoms with Gasteiger partial charge in [0.25, 0.3) is 0 Å². The maximum Gasteiger partial charge on any atom is 0.179 e. The Morgan fingerprint density at radius 3 is 2.83 bits per heavy atom. The fraction of sp³-hybridized carbons (Fsp3) is 0.455. The lowest BCUT2D eigenvalue weighted by molar-refractivity contribution is 0.0116. The second-order valence-corrected chi connectivity index (χ2v) is 8.58. The summed E-state index contributed by atoms with van der Waals surface area (Å²) in [6.07, 6.45) is 5.13. The molecule has 0 amide bonds. The van der Waals surface area contributed by atoms with Gasteiger partial charge in [-0.25, -0.2) is 19.6 Å². The third-order valence-corrected chi connectivity index (χ3v) is 5.80. The lowest BCUT2D eigenvalue weighted by Crippen LogP contribution is -2.24. The van der Waals surface area contributed by atoms with Crippen molar-refractivity contribution >= 4 is 28.0 Å². The normalized spacial score (nSPS) is 14.6. The highest BCUT2D eigenvalue weighted by Gasteiger charge is 2.27. The average molecular weight is 406 g/mol. The summed E-state index contributed by atoms with van der Waals surface area (Å²) in [6.45, 7) is 5.42. The molecule has 1 aliphatic rings. The van der Waals surface area contributed by atoms with Crippen molar-refractivity contribution in [2.45, 2.75) is 57.7 Å². The molecule has 0 unspecified atom stereocenters. The van der Waals surface area contributed by atoms with Crippen LogP contribution in [0.2, 0.25) is 0 Å². The molecule has 1 aliphatic carbocycles. The summed E-state index contributed by atoms with van der Waals surface area (Å²) in [4.78, 5) is 17.6. The molecule has 30 heavy (non-hydrogen) atoms. The summed E-state index contributed by atoms with van der Waals surface area (Å²) >= 11 is 0. The number of rotatable bonds is 8. The highest BCUT2D eigenvalue weighted by Crippen LogP contribution is 2.39. The van der Waals surface area contributed by atoms with Gasteiger partial charge in [0.05, 0.1) is 28.9 Å². The number of para-hydroxylation sites is 2. The highest BCUT2D eigenvalue weighted by atomic mass is 16.5. The monoisotopic (exact) mass is 405 g/mol. The third-order valence-electron chi connectivity index (χ3n) is 5.80. The maximum atomic E-state index is 5.58. The maximum absolute atomic E-state index is 5.58. The minimum atomic E-state index is -0.221. The second kappa shape index (κ2) is 7.36. The molecule has 0 spiro atoms. The lowest BCUT2D eigenvalue weighted by Gasteiger charge is -2.22. The molecule has 3 heterocycles. The van der Waals surface area contributed by atoms with Crippen LogP contribution in [0.3, 0.4) is 0 Å². The Morgan fingerprint density at radius 2 is 2.07 bits per heavy atom. The summed E-state index contributed by atoms with van der Waals surface area (Å²) in [6, 6.07) is 8.02. The first-order valence-corrected chi connectivity index (χ1v) is 10.5. The molecule has 1 aromatic carbocycles. The van der Waals surface area contributed by atoms with Crippen LogP contribution >= 0.6 is 0 Å². The van der Waals surface area contributed by atoms with Crippen LogP contribution in [0, 0.1) is 0 Å². The van der Waals surface area contributed by atoms with Crippen molar-refractivity contribution in [3.63, 3.8) is 0 Å². The number of imidazole rings is 1. The van der Waals surface area contributed by atoms with E-state index in [0.717, 1.165) is 46.0 Å². The summed E-state index contributed by atoms with van der Waals surface area (Å²) in [5, 5.41) is 8.20. The van der Waals surface area contributed by atoms with Gasteiger partial charge in [0.2, 0.25) is 0 Å². The molecule has 0 atom stereocenters. The zero-order valence-electron chi connectivity index (χ0n) is 17.6. The van der Waals surface area contributed by atoms with Gasteiger partial charge < -0.3 is 15.0 Å². The number of H-pyrrole nitrogens is 1. The number of aromatic amines is 1. The molecular formula is C22H27N7O. The van der Waals surface area contributed by atoms with Crippen molar-refractivity contribution in [2.24, 2.45) is 0 Å². The van der Waals surface area contributed by atoms with Crippen LogP contribution in [-0.4, -0.2) is 42.4 Å². The van der Waals surface area contributed by atoms with E-state index < -0.39 is 0 Å². The van der Waals surface area contributed by atoms with E-state index in [9.17, 15) is 0 Å². The fourth-order valence-corrected chi connectivity index (χ4v) is 3.54. The van der Waals surface area contributed by atoms with Gasteiger partial charge in [0.1, 0.15) is 5.82 Å². The van der Waals surface area contributed by atoms with Crippen molar-refractivity contribution in [1.82, 2.24) is 29.7 Å². The van der Waals surface area contributed by atoms with E-state index in [1.54, 1.807) is 7.11 Å². The van der Waals surface area contributed by atoms with Crippen molar-refractivity contribution in [3.8, 4) is 0 Å². The van der Waals surface area contributed by atoms with Crippen LogP contribution in [0.25, 0.3) is 22.2 Å². The fourth-order valence-electron chi connectivity index (χ4n) is 3.54. The first kappa shape index (κ1) is 19.0. The van der Waals surface area contributed by atoms with E-state index in [2.05, 4.69) is 29.1 Å². The Balaban J connectivity index is 1.43. The van der Waals surface area contributed by atoms with Gasteiger partial charge >= 0.3 is 0 Å². The Morgan fingerprint density at radius 1 is 1.23 bits per heavy atom. The Kier molecular flexibility index (Phi) is 4.66. The summed E-state index contributed by atoms with van der Waals surface area (Å²) in [5.74, 6) is 2.14. The number of aryl methyl sites for hydroxylation is 1. The van der Waals surface area contributed by atoms with Crippen LogP contribution < -0.4 is 5.32 Å². The molecule has 8 nitrogen and oxygen atoms in total. The molecule has 3 aromatic heterocycles. The largest absolute Gasteiger partial charge is 0.379 e. The van der Waals surface area contributed by atoms with Crippen LogP contribution in [0.15, 0.2) is 30.5 Å². The topological polar surface area (TPSA) is 93.5 Å². The second-order valence-electron chi connectivity index (χ2n) is 8.58. The van der Waals surface area contributed by atoms with Gasteiger partial charge in [-0.15, -0.1) is 0 Å². The third kappa shape index (κ3) is 3.75. The number of anilines is 1. The Hall–Kier alpha value is -3.00. The smallest absolute Gasteiger partial charge is 0.179 e. The quantitative estimate of drug-likeness (QED) is 0.460. The van der Waals surface area contributed by atoms with Gasteiger partial charge in [-0.3, -0.25) is 0 Å². The molecule has 8 heteroatoms. The summed E-state index contributed by atoms with van der Waals surface area (Å²) < 4.78 is 7.53. The number of hydrogen-bond donors (Lipinski definition) is 2. The highest BCUT2D eigenvalue weighted by molar-refractivity contribution is 5.83. The number of methoxy groups -OCH3 is 1. The van der Waals surface area contributed by atoms with Crippen LogP contribution in [0.5, 0.6) is 0 Å². The minimum absolute atomic E-state index is 0.221. The zero-order chi connectivity index (χ0) is 20.7. The molecule has 0 bridgehead atoms. The molecule has 0 aliphatic heterocycles. The predicted octanol–water partition coefficient (Wildman–Crippen LogP) is 4.01. The van der Waals surface area contributed by atoms with Crippen LogP contribution in [0.4, 0.5) is 5.82 Å². The number of fused-ring (bicyclic) bond motifs is 2. The van der Waals surface area contributed by atoms with Crippen LogP contribution in [0.1, 0.15) is 50.5 Å². The number of nitrogens with one attached hydrogen (secondary N) is 2. The van der Waals surface area contributed by atoms with Crippen molar-refractivity contribution in [3.05, 3.63) is 42.0 Å². The first-order chi connectivity index (χ1) is 14.5. The van der Waals surface area contributed by atoms with E-state index in [1.807, 2.05) is 35.1 Å². The molecule has 4 aromatic rings. The molecule has 0 saturated heterocycles. The van der Waals surface area contributed by atoms with E-state index in [-0.39, 0.29) is 5.60 Å². The SMILES string of the molecule is COC(C)(C)CCn1nc(NCc2nc3ccccc3[nH]2)c2ncc(C3CC3)nc21. The van der Waals surface area contributed by atoms with Gasteiger partial charge in [0.15, 0.2) is 17.0 Å². The molecule has 1 saturated carbocycles. The summed E-state index contributed by atoms with van der Waals surface area (Å²) in [7, 11) is 1.74.